The Balaban J connectivity index is 1.31. The molecule has 0 atom stereocenters. The van der Waals surface area contributed by atoms with Crippen LogP contribution in [0.1, 0.15) is 12.1 Å². The van der Waals surface area contributed by atoms with Gasteiger partial charge in [0.15, 0.2) is 0 Å². The van der Waals surface area contributed by atoms with Crippen molar-refractivity contribution in [2.45, 2.75) is 13.0 Å². The highest BCUT2D eigenvalue weighted by atomic mass is 16.2. The fourth-order valence-electron chi connectivity index (χ4n) is 3.29. The highest BCUT2D eigenvalue weighted by molar-refractivity contribution is 5.89. The Kier molecular flexibility index (Phi) is 5.58. The van der Waals surface area contributed by atoms with Gasteiger partial charge in [0.1, 0.15) is 12.7 Å². The van der Waals surface area contributed by atoms with Gasteiger partial charge in [-0.25, -0.2) is 14.5 Å². The van der Waals surface area contributed by atoms with Crippen LogP contribution in [0.3, 0.4) is 0 Å². The smallest absolute Gasteiger partial charge is 0.321 e. The zero-order chi connectivity index (χ0) is 19.2. The van der Waals surface area contributed by atoms with Crippen molar-refractivity contribution in [2.24, 2.45) is 0 Å². The largest absolute Gasteiger partial charge is 0.323 e. The lowest BCUT2D eigenvalue weighted by molar-refractivity contribution is 0.211. The van der Waals surface area contributed by atoms with Crippen LogP contribution in [0.25, 0.3) is 5.69 Å². The average Bonchev–Trinajstić information content (AvgIpc) is 3.16. The first-order valence-corrected chi connectivity index (χ1v) is 9.41. The number of rotatable bonds is 4. The summed E-state index contributed by atoms with van der Waals surface area (Å²) < 4.78 is 1.68. The molecule has 2 aromatic heterocycles. The van der Waals surface area contributed by atoms with Gasteiger partial charge in [0.2, 0.25) is 0 Å². The fraction of sp³-hybridized carbons (Fsp3) is 0.300. The van der Waals surface area contributed by atoms with E-state index in [9.17, 15) is 4.79 Å². The topological polar surface area (TPSA) is 79.2 Å². The van der Waals surface area contributed by atoms with Gasteiger partial charge in [-0.05, 0) is 42.8 Å². The average molecular weight is 377 g/mol. The third-order valence-electron chi connectivity index (χ3n) is 4.79. The molecule has 4 rings (SSSR count). The zero-order valence-corrected chi connectivity index (χ0v) is 15.6. The van der Waals surface area contributed by atoms with Crippen LogP contribution in [0.5, 0.6) is 0 Å². The molecule has 1 fully saturated rings. The Morgan fingerprint density at radius 2 is 1.93 bits per heavy atom. The summed E-state index contributed by atoms with van der Waals surface area (Å²) in [6.07, 6.45) is 5.90. The van der Waals surface area contributed by atoms with Gasteiger partial charge in [-0.15, -0.1) is 0 Å². The first kappa shape index (κ1) is 18.1. The summed E-state index contributed by atoms with van der Waals surface area (Å²) >= 11 is 0. The second-order valence-electron chi connectivity index (χ2n) is 6.75. The molecule has 1 aromatic carbocycles. The normalized spacial score (nSPS) is 15.2. The van der Waals surface area contributed by atoms with E-state index in [1.54, 1.807) is 11.0 Å². The van der Waals surface area contributed by atoms with Crippen molar-refractivity contribution >= 4 is 11.7 Å². The number of anilines is 1. The molecule has 1 N–H and O–H groups in total. The Morgan fingerprint density at radius 1 is 1.04 bits per heavy atom. The molecule has 1 saturated heterocycles. The van der Waals surface area contributed by atoms with E-state index >= 15 is 0 Å². The van der Waals surface area contributed by atoms with E-state index in [0.717, 1.165) is 49.7 Å². The molecule has 3 aromatic rings. The predicted octanol–water partition coefficient (Wildman–Crippen LogP) is 2.40. The number of hydrogen-bond donors (Lipinski definition) is 1. The Hall–Kier alpha value is -3.26. The van der Waals surface area contributed by atoms with E-state index in [0.29, 0.717) is 6.54 Å². The second-order valence-corrected chi connectivity index (χ2v) is 6.75. The lowest BCUT2D eigenvalue weighted by Crippen LogP contribution is -2.38. The number of aromatic nitrogens is 4. The van der Waals surface area contributed by atoms with Crippen molar-refractivity contribution in [3.05, 3.63) is 67.0 Å². The molecule has 8 heteroatoms. The van der Waals surface area contributed by atoms with Gasteiger partial charge < -0.3 is 10.2 Å². The predicted molar refractivity (Wildman–Crippen MR) is 106 cm³/mol. The van der Waals surface area contributed by atoms with Crippen molar-refractivity contribution in [3.63, 3.8) is 0 Å². The van der Waals surface area contributed by atoms with E-state index < -0.39 is 0 Å². The molecule has 2 amide bonds. The van der Waals surface area contributed by atoms with Crippen molar-refractivity contribution in [2.75, 3.05) is 31.5 Å². The van der Waals surface area contributed by atoms with Crippen molar-refractivity contribution in [1.29, 1.82) is 0 Å². The number of carbonyl (C=O) groups is 1. The molecule has 0 aliphatic carbocycles. The van der Waals surface area contributed by atoms with Crippen LogP contribution in [0.4, 0.5) is 10.5 Å². The van der Waals surface area contributed by atoms with Crippen molar-refractivity contribution in [1.82, 2.24) is 29.5 Å². The van der Waals surface area contributed by atoms with Gasteiger partial charge in [-0.1, -0.05) is 6.07 Å². The Morgan fingerprint density at radius 3 is 2.68 bits per heavy atom. The molecule has 0 unspecified atom stereocenters. The molecule has 8 nitrogen and oxygen atoms in total. The summed E-state index contributed by atoms with van der Waals surface area (Å²) in [5.41, 5.74) is 2.73. The molecule has 0 bridgehead atoms. The van der Waals surface area contributed by atoms with E-state index in [2.05, 4.69) is 25.3 Å². The molecule has 0 radical (unpaired) electrons. The molecular formula is C20H23N7O. The summed E-state index contributed by atoms with van der Waals surface area (Å²) in [6.45, 7) is 4.08. The highest BCUT2D eigenvalue weighted by Crippen LogP contribution is 2.14. The lowest BCUT2D eigenvalue weighted by atomic mass is 10.3. The van der Waals surface area contributed by atoms with E-state index in [1.807, 2.05) is 53.6 Å². The van der Waals surface area contributed by atoms with E-state index in [-0.39, 0.29) is 6.03 Å². The van der Waals surface area contributed by atoms with Gasteiger partial charge in [0.25, 0.3) is 0 Å². The summed E-state index contributed by atoms with van der Waals surface area (Å²) in [5, 5.41) is 7.09. The molecule has 1 aliphatic rings. The number of nitrogens with one attached hydrogen (secondary N) is 1. The van der Waals surface area contributed by atoms with Gasteiger partial charge in [0, 0.05) is 44.6 Å². The molecule has 0 spiro atoms. The second kappa shape index (κ2) is 8.62. The monoisotopic (exact) mass is 377 g/mol. The minimum absolute atomic E-state index is 0.0619. The molecule has 28 heavy (non-hydrogen) atoms. The van der Waals surface area contributed by atoms with E-state index in [1.165, 1.54) is 6.33 Å². The number of urea groups is 1. The maximum Gasteiger partial charge on any atom is 0.321 e. The van der Waals surface area contributed by atoms with Gasteiger partial charge in [0.05, 0.1) is 11.4 Å². The van der Waals surface area contributed by atoms with Crippen molar-refractivity contribution in [3.8, 4) is 5.69 Å². The maximum atomic E-state index is 12.7. The first-order chi connectivity index (χ1) is 13.8. The number of nitrogens with zero attached hydrogens (tertiary/aromatic N) is 6. The fourth-order valence-corrected chi connectivity index (χ4v) is 3.29. The van der Waals surface area contributed by atoms with Crippen LogP contribution in [-0.4, -0.2) is 61.8 Å². The Bertz CT molecular complexity index is 881. The third-order valence-corrected chi connectivity index (χ3v) is 4.79. The third kappa shape index (κ3) is 4.52. The summed E-state index contributed by atoms with van der Waals surface area (Å²) in [5.74, 6) is 0. The van der Waals surface area contributed by atoms with Crippen molar-refractivity contribution < 1.29 is 4.79 Å². The van der Waals surface area contributed by atoms with E-state index in [4.69, 9.17) is 0 Å². The summed E-state index contributed by atoms with van der Waals surface area (Å²) in [6, 6.07) is 13.5. The minimum atomic E-state index is -0.0619. The quantitative estimate of drug-likeness (QED) is 0.755. The molecule has 144 valence electrons. The number of pyridine rings is 1. The standard InChI is InChI=1S/C20H23N7O/c28-20(24-17-5-7-19(8-6-17)27-16-21-15-23-27)26-11-3-10-25(12-13-26)14-18-4-1-2-9-22-18/h1-2,4-9,15-16H,3,10-14H2,(H,24,28). The highest BCUT2D eigenvalue weighted by Gasteiger charge is 2.19. The molecule has 1 aliphatic heterocycles. The molecular weight excluding hydrogens is 354 g/mol. The van der Waals surface area contributed by atoms with Crippen LogP contribution in [0.15, 0.2) is 61.3 Å². The van der Waals surface area contributed by atoms with Crippen LogP contribution in [0, 0.1) is 0 Å². The minimum Gasteiger partial charge on any atom is -0.323 e. The summed E-state index contributed by atoms with van der Waals surface area (Å²) in [4.78, 5) is 25.2. The SMILES string of the molecule is O=C(Nc1ccc(-n2cncn2)cc1)N1CCCN(Cc2ccccn2)CC1. The number of benzene rings is 1. The van der Waals surface area contributed by atoms with Gasteiger partial charge in [-0.2, -0.15) is 5.10 Å². The van der Waals surface area contributed by atoms with Crippen LogP contribution in [0.2, 0.25) is 0 Å². The molecule has 3 heterocycles. The number of carbonyl (C=O) groups excluding carboxylic acids is 1. The molecule has 0 saturated carbocycles. The van der Waals surface area contributed by atoms with Gasteiger partial charge >= 0.3 is 6.03 Å². The maximum absolute atomic E-state index is 12.7. The number of hydrogen-bond acceptors (Lipinski definition) is 5. The summed E-state index contributed by atoms with van der Waals surface area (Å²) in [7, 11) is 0. The zero-order valence-electron chi connectivity index (χ0n) is 15.6. The number of amides is 2. The lowest BCUT2D eigenvalue weighted by Gasteiger charge is -2.22. The van der Waals surface area contributed by atoms with Crippen LogP contribution in [-0.2, 0) is 6.54 Å². The van der Waals surface area contributed by atoms with Crippen LogP contribution >= 0.6 is 0 Å². The first-order valence-electron chi connectivity index (χ1n) is 9.41. The Labute approximate surface area is 163 Å². The van der Waals surface area contributed by atoms with Gasteiger partial charge in [-0.3, -0.25) is 9.88 Å². The van der Waals surface area contributed by atoms with Crippen LogP contribution < -0.4 is 5.32 Å².